The minimum absolute atomic E-state index is 0.193. The highest BCUT2D eigenvalue weighted by Crippen LogP contribution is 2.36. The summed E-state index contributed by atoms with van der Waals surface area (Å²) in [6.07, 6.45) is 2.04. The van der Waals surface area contributed by atoms with Gasteiger partial charge < -0.3 is 4.90 Å². The molecule has 0 aliphatic carbocycles. The molecular weight excluding hydrogens is 240 g/mol. The van der Waals surface area contributed by atoms with Crippen molar-refractivity contribution in [2.45, 2.75) is 19.8 Å². The monoisotopic (exact) mass is 256 g/mol. The van der Waals surface area contributed by atoms with Gasteiger partial charge in [0.15, 0.2) is 0 Å². The standard InChI is InChI=1S/C11H16N2O3S/c1-2-3-8-12-9-13(17(14,15)16)11-7-5-4-6-10(11)12/h4-7H,2-3,8-9H2,1H3,(H,14,15,16). The first-order chi connectivity index (χ1) is 8.04. The van der Waals surface area contributed by atoms with Gasteiger partial charge in [-0.3, -0.25) is 4.55 Å². The van der Waals surface area contributed by atoms with E-state index in [4.69, 9.17) is 0 Å². The third-order valence-corrected chi connectivity index (χ3v) is 3.72. The Kier molecular flexibility index (Phi) is 3.26. The van der Waals surface area contributed by atoms with Crippen LogP contribution in [0.3, 0.4) is 0 Å². The average molecular weight is 256 g/mol. The summed E-state index contributed by atoms with van der Waals surface area (Å²) in [5, 5.41) is 0. The summed E-state index contributed by atoms with van der Waals surface area (Å²) in [6, 6.07) is 7.21. The van der Waals surface area contributed by atoms with Crippen LogP contribution in [-0.2, 0) is 10.3 Å². The van der Waals surface area contributed by atoms with Crippen LogP contribution in [0, 0.1) is 0 Å². The van der Waals surface area contributed by atoms with Gasteiger partial charge in [-0.25, -0.2) is 4.31 Å². The third kappa shape index (κ3) is 2.37. The first kappa shape index (κ1) is 12.2. The highest BCUT2D eigenvalue weighted by atomic mass is 32.2. The van der Waals surface area contributed by atoms with E-state index in [9.17, 15) is 13.0 Å². The fourth-order valence-electron chi connectivity index (χ4n) is 1.99. The lowest BCUT2D eigenvalue weighted by Gasteiger charge is -2.19. The van der Waals surface area contributed by atoms with E-state index in [0.717, 1.165) is 29.4 Å². The Balaban J connectivity index is 2.33. The molecule has 0 unspecified atom stereocenters. The van der Waals surface area contributed by atoms with Crippen LogP contribution < -0.4 is 9.21 Å². The maximum Gasteiger partial charge on any atom is 0.361 e. The molecule has 1 aliphatic rings. The summed E-state index contributed by atoms with van der Waals surface area (Å²) < 4.78 is 32.7. The summed E-state index contributed by atoms with van der Waals surface area (Å²) in [4.78, 5) is 1.96. The second kappa shape index (κ2) is 4.54. The first-order valence-corrected chi connectivity index (χ1v) is 7.03. The first-order valence-electron chi connectivity index (χ1n) is 5.63. The van der Waals surface area contributed by atoms with Crippen molar-refractivity contribution < 1.29 is 13.0 Å². The van der Waals surface area contributed by atoms with Crippen LogP contribution in [0.2, 0.25) is 0 Å². The molecule has 0 fully saturated rings. The van der Waals surface area contributed by atoms with Crippen molar-refractivity contribution in [2.24, 2.45) is 0 Å². The molecule has 0 bridgehead atoms. The van der Waals surface area contributed by atoms with E-state index in [1.54, 1.807) is 12.1 Å². The predicted molar refractivity (Wildman–Crippen MR) is 67.6 cm³/mol. The summed E-state index contributed by atoms with van der Waals surface area (Å²) in [5.74, 6) is 0. The van der Waals surface area contributed by atoms with E-state index in [0.29, 0.717) is 5.69 Å². The number of nitrogens with zero attached hydrogens (tertiary/aromatic N) is 2. The van der Waals surface area contributed by atoms with Gasteiger partial charge in [0.05, 0.1) is 11.4 Å². The van der Waals surface area contributed by atoms with Gasteiger partial charge in [0.1, 0.15) is 6.67 Å². The zero-order chi connectivity index (χ0) is 12.5. The fourth-order valence-corrected chi connectivity index (χ4v) is 2.68. The van der Waals surface area contributed by atoms with Crippen LogP contribution in [0.5, 0.6) is 0 Å². The maximum absolute atomic E-state index is 11.3. The molecule has 0 saturated carbocycles. The molecule has 2 rings (SSSR count). The van der Waals surface area contributed by atoms with Crippen molar-refractivity contribution in [1.82, 2.24) is 0 Å². The molecule has 1 aliphatic heterocycles. The van der Waals surface area contributed by atoms with Crippen LogP contribution >= 0.6 is 0 Å². The summed E-state index contributed by atoms with van der Waals surface area (Å²) in [7, 11) is -4.18. The maximum atomic E-state index is 11.3. The molecule has 1 N–H and O–H groups in total. The zero-order valence-electron chi connectivity index (χ0n) is 9.70. The number of unbranched alkanes of at least 4 members (excludes halogenated alkanes) is 1. The molecule has 0 atom stereocenters. The van der Waals surface area contributed by atoms with Crippen molar-refractivity contribution in [3.63, 3.8) is 0 Å². The van der Waals surface area contributed by atoms with Gasteiger partial charge in [-0.1, -0.05) is 25.5 Å². The summed E-state index contributed by atoms with van der Waals surface area (Å²) in [6.45, 7) is 3.07. The largest absolute Gasteiger partial charge is 0.361 e. The van der Waals surface area contributed by atoms with Gasteiger partial charge in [0, 0.05) is 6.54 Å². The summed E-state index contributed by atoms with van der Waals surface area (Å²) >= 11 is 0. The Bertz CT molecular complexity index is 501. The number of benzene rings is 1. The predicted octanol–water partition coefficient (Wildman–Crippen LogP) is 1.87. The molecule has 1 aromatic carbocycles. The highest BCUT2D eigenvalue weighted by Gasteiger charge is 2.31. The van der Waals surface area contributed by atoms with Gasteiger partial charge >= 0.3 is 10.3 Å². The molecular formula is C11H16N2O3S. The van der Waals surface area contributed by atoms with Crippen molar-refractivity contribution in [3.8, 4) is 0 Å². The molecule has 5 nitrogen and oxygen atoms in total. The number of rotatable bonds is 4. The molecule has 1 heterocycles. The average Bonchev–Trinajstić information content (AvgIpc) is 2.65. The molecule has 0 saturated heterocycles. The number of para-hydroxylation sites is 2. The van der Waals surface area contributed by atoms with E-state index in [2.05, 4.69) is 6.92 Å². The van der Waals surface area contributed by atoms with E-state index in [1.165, 1.54) is 0 Å². The minimum Gasteiger partial charge on any atom is -0.351 e. The van der Waals surface area contributed by atoms with E-state index in [-0.39, 0.29) is 6.67 Å². The Morgan fingerprint density at radius 1 is 1.29 bits per heavy atom. The van der Waals surface area contributed by atoms with Gasteiger partial charge in [-0.05, 0) is 18.6 Å². The number of hydrogen-bond donors (Lipinski definition) is 1. The van der Waals surface area contributed by atoms with Gasteiger partial charge in [-0.2, -0.15) is 8.42 Å². The van der Waals surface area contributed by atoms with Crippen molar-refractivity contribution in [3.05, 3.63) is 24.3 Å². The van der Waals surface area contributed by atoms with Crippen LogP contribution in [0.4, 0.5) is 11.4 Å². The van der Waals surface area contributed by atoms with E-state index >= 15 is 0 Å². The Hall–Kier alpha value is -1.27. The van der Waals surface area contributed by atoms with Gasteiger partial charge in [0.25, 0.3) is 0 Å². The number of fused-ring (bicyclic) bond motifs is 1. The normalized spacial score (nSPS) is 15.2. The van der Waals surface area contributed by atoms with Gasteiger partial charge in [-0.15, -0.1) is 0 Å². The molecule has 1 aromatic rings. The Morgan fingerprint density at radius 3 is 2.53 bits per heavy atom. The smallest absolute Gasteiger partial charge is 0.351 e. The molecule has 0 spiro atoms. The number of hydrogen-bond acceptors (Lipinski definition) is 3. The molecule has 0 aromatic heterocycles. The third-order valence-electron chi connectivity index (χ3n) is 2.85. The van der Waals surface area contributed by atoms with Crippen molar-refractivity contribution in [1.29, 1.82) is 0 Å². The second-order valence-corrected chi connectivity index (χ2v) is 5.41. The van der Waals surface area contributed by atoms with Crippen LogP contribution in [0.1, 0.15) is 19.8 Å². The SMILES string of the molecule is CCCCN1CN(S(=O)(=O)O)c2ccccc21. The van der Waals surface area contributed by atoms with E-state index < -0.39 is 10.3 Å². The molecule has 94 valence electrons. The molecule has 0 amide bonds. The van der Waals surface area contributed by atoms with Crippen LogP contribution in [0.15, 0.2) is 24.3 Å². The molecule has 0 radical (unpaired) electrons. The van der Waals surface area contributed by atoms with E-state index in [1.807, 2.05) is 17.0 Å². The van der Waals surface area contributed by atoms with Crippen LogP contribution in [-0.4, -0.2) is 26.2 Å². The van der Waals surface area contributed by atoms with Crippen molar-refractivity contribution >= 4 is 21.7 Å². The lowest BCUT2D eigenvalue weighted by molar-refractivity contribution is 0.478. The quantitative estimate of drug-likeness (QED) is 0.835. The highest BCUT2D eigenvalue weighted by molar-refractivity contribution is 7.87. The van der Waals surface area contributed by atoms with Crippen molar-refractivity contribution in [2.75, 3.05) is 22.4 Å². The Labute approximate surface area is 102 Å². The van der Waals surface area contributed by atoms with Crippen LogP contribution in [0.25, 0.3) is 0 Å². The minimum atomic E-state index is -4.18. The summed E-state index contributed by atoms with van der Waals surface area (Å²) in [5.41, 5.74) is 1.41. The molecule has 17 heavy (non-hydrogen) atoms. The van der Waals surface area contributed by atoms with Gasteiger partial charge in [0.2, 0.25) is 0 Å². The lowest BCUT2D eigenvalue weighted by atomic mass is 10.2. The topological polar surface area (TPSA) is 60.9 Å². The zero-order valence-corrected chi connectivity index (χ0v) is 10.5. The fraction of sp³-hybridized carbons (Fsp3) is 0.455. The lowest BCUT2D eigenvalue weighted by Crippen LogP contribution is -2.35. The number of anilines is 2. The Morgan fingerprint density at radius 2 is 1.94 bits per heavy atom. The molecule has 6 heteroatoms. The second-order valence-electron chi connectivity index (χ2n) is 4.07.